The van der Waals surface area contributed by atoms with Gasteiger partial charge >= 0.3 is 0 Å². The fraction of sp³-hybridized carbons (Fsp3) is 0.952. The Morgan fingerprint density at radius 3 is 1.81 bits per heavy atom. The van der Waals surface area contributed by atoms with Crippen LogP contribution in [0, 0.1) is 23.2 Å². The SMILES string of the molecule is NCCCNCCCCNCCCNC(=O)C12CC3CC(CC(C3)C1)C2. The molecule has 4 aliphatic rings. The number of unbranched alkanes of at least 4 members (excludes halogenated alkanes) is 1. The predicted octanol–water partition coefficient (Wildman–Crippen LogP) is 2.02. The van der Waals surface area contributed by atoms with Crippen LogP contribution in [-0.2, 0) is 4.79 Å². The molecular weight excluding hydrogens is 324 g/mol. The number of nitrogens with one attached hydrogen (secondary N) is 3. The van der Waals surface area contributed by atoms with E-state index in [0.29, 0.717) is 5.91 Å². The molecule has 5 nitrogen and oxygen atoms in total. The van der Waals surface area contributed by atoms with Crippen molar-refractivity contribution in [1.29, 1.82) is 0 Å². The molecule has 4 aliphatic carbocycles. The van der Waals surface area contributed by atoms with Gasteiger partial charge in [-0.1, -0.05) is 0 Å². The smallest absolute Gasteiger partial charge is 0.226 e. The maximum Gasteiger partial charge on any atom is 0.226 e. The number of hydrogen-bond acceptors (Lipinski definition) is 4. The Kier molecular flexibility index (Phi) is 7.77. The molecule has 0 spiro atoms. The second-order valence-electron chi connectivity index (χ2n) is 9.16. The van der Waals surface area contributed by atoms with Crippen LogP contribution in [-0.4, -0.2) is 45.2 Å². The van der Waals surface area contributed by atoms with E-state index in [1.807, 2.05) is 0 Å². The fourth-order valence-electron chi connectivity index (χ4n) is 5.97. The van der Waals surface area contributed by atoms with Gasteiger partial charge in [-0.25, -0.2) is 0 Å². The zero-order valence-corrected chi connectivity index (χ0v) is 16.5. The first kappa shape index (κ1) is 20.1. The quantitative estimate of drug-likeness (QED) is 0.377. The molecule has 0 aliphatic heterocycles. The van der Waals surface area contributed by atoms with Crippen LogP contribution in [0.4, 0.5) is 0 Å². The summed E-state index contributed by atoms with van der Waals surface area (Å²) < 4.78 is 0. The van der Waals surface area contributed by atoms with Crippen molar-refractivity contribution >= 4 is 5.91 Å². The minimum atomic E-state index is 0.0130. The van der Waals surface area contributed by atoms with Crippen molar-refractivity contribution < 1.29 is 4.79 Å². The first-order valence-electron chi connectivity index (χ1n) is 11.1. The van der Waals surface area contributed by atoms with Gasteiger partial charge in [-0.15, -0.1) is 0 Å². The molecule has 0 atom stereocenters. The summed E-state index contributed by atoms with van der Waals surface area (Å²) in [4.78, 5) is 12.8. The van der Waals surface area contributed by atoms with Gasteiger partial charge in [-0.3, -0.25) is 4.79 Å². The van der Waals surface area contributed by atoms with E-state index >= 15 is 0 Å². The van der Waals surface area contributed by atoms with Gasteiger partial charge < -0.3 is 21.7 Å². The summed E-state index contributed by atoms with van der Waals surface area (Å²) in [6.45, 7) is 5.79. The van der Waals surface area contributed by atoms with E-state index in [1.165, 1.54) is 51.4 Å². The van der Waals surface area contributed by atoms with Crippen molar-refractivity contribution in [2.75, 3.05) is 39.3 Å². The predicted molar refractivity (Wildman–Crippen MR) is 107 cm³/mol. The standard InChI is InChI=1S/C21H40N4O/c22-5-3-8-23-6-1-2-7-24-9-4-10-25-20(26)21-14-17-11-18(15-21)13-19(12-17)16-21/h17-19,23-24H,1-16,22H2,(H,25,26). The lowest BCUT2D eigenvalue weighted by Crippen LogP contribution is -2.53. The lowest BCUT2D eigenvalue weighted by molar-refractivity contribution is -0.146. The Balaban J connectivity index is 1.19. The highest BCUT2D eigenvalue weighted by molar-refractivity contribution is 5.83. The second kappa shape index (κ2) is 10.0. The lowest BCUT2D eigenvalue weighted by atomic mass is 9.49. The van der Waals surface area contributed by atoms with Crippen molar-refractivity contribution in [2.24, 2.45) is 28.9 Å². The molecule has 4 saturated carbocycles. The van der Waals surface area contributed by atoms with Crippen LogP contribution >= 0.6 is 0 Å². The van der Waals surface area contributed by atoms with Crippen molar-refractivity contribution in [3.8, 4) is 0 Å². The van der Waals surface area contributed by atoms with Crippen LogP contribution in [0.5, 0.6) is 0 Å². The summed E-state index contributed by atoms with van der Waals surface area (Å²) in [6.07, 6.45) is 12.2. The third-order valence-corrected chi connectivity index (χ3v) is 6.85. The Morgan fingerprint density at radius 2 is 1.27 bits per heavy atom. The van der Waals surface area contributed by atoms with Crippen LogP contribution in [0.25, 0.3) is 0 Å². The molecule has 0 aromatic carbocycles. The Morgan fingerprint density at radius 1 is 0.769 bits per heavy atom. The largest absolute Gasteiger partial charge is 0.356 e. The molecule has 0 aromatic rings. The van der Waals surface area contributed by atoms with E-state index in [9.17, 15) is 4.79 Å². The van der Waals surface area contributed by atoms with Gasteiger partial charge in [0.15, 0.2) is 0 Å². The summed E-state index contributed by atoms with van der Waals surface area (Å²) in [5.41, 5.74) is 5.48. The van der Waals surface area contributed by atoms with Gasteiger partial charge in [0.1, 0.15) is 0 Å². The van der Waals surface area contributed by atoms with Crippen molar-refractivity contribution in [2.45, 2.75) is 64.2 Å². The van der Waals surface area contributed by atoms with E-state index in [2.05, 4.69) is 16.0 Å². The van der Waals surface area contributed by atoms with Crippen molar-refractivity contribution in [3.63, 3.8) is 0 Å². The molecule has 26 heavy (non-hydrogen) atoms. The molecule has 0 radical (unpaired) electrons. The van der Waals surface area contributed by atoms with E-state index in [4.69, 9.17) is 5.73 Å². The summed E-state index contributed by atoms with van der Waals surface area (Å²) in [5, 5.41) is 10.2. The number of amides is 1. The van der Waals surface area contributed by atoms with Crippen LogP contribution < -0.4 is 21.7 Å². The summed E-state index contributed by atoms with van der Waals surface area (Å²) >= 11 is 0. The van der Waals surface area contributed by atoms with Crippen molar-refractivity contribution in [3.05, 3.63) is 0 Å². The summed E-state index contributed by atoms with van der Waals surface area (Å²) in [6, 6.07) is 0. The Bertz CT molecular complexity index is 404. The zero-order valence-electron chi connectivity index (χ0n) is 16.5. The van der Waals surface area contributed by atoms with Gasteiger partial charge in [-0.2, -0.15) is 0 Å². The van der Waals surface area contributed by atoms with E-state index in [1.54, 1.807) is 0 Å². The molecule has 5 heteroatoms. The third kappa shape index (κ3) is 5.43. The van der Waals surface area contributed by atoms with Gasteiger partial charge in [0.2, 0.25) is 5.91 Å². The highest BCUT2D eigenvalue weighted by Gasteiger charge is 2.54. The molecule has 1 amide bonds. The molecule has 5 N–H and O–H groups in total. The number of carbonyl (C=O) groups is 1. The third-order valence-electron chi connectivity index (χ3n) is 6.85. The second-order valence-corrected chi connectivity index (χ2v) is 9.16. The normalized spacial score (nSPS) is 32.1. The number of nitrogens with two attached hydrogens (primary N) is 1. The van der Waals surface area contributed by atoms with Crippen LogP contribution in [0.15, 0.2) is 0 Å². The topological polar surface area (TPSA) is 79.2 Å². The van der Waals surface area contributed by atoms with Gasteiger partial charge in [-0.05, 0) is 115 Å². The number of hydrogen-bond donors (Lipinski definition) is 4. The molecule has 0 saturated heterocycles. The van der Waals surface area contributed by atoms with Crippen LogP contribution in [0.3, 0.4) is 0 Å². The number of rotatable bonds is 13. The molecule has 0 heterocycles. The lowest BCUT2D eigenvalue weighted by Gasteiger charge is -2.55. The molecule has 4 rings (SSSR count). The molecule has 0 unspecified atom stereocenters. The highest BCUT2D eigenvalue weighted by Crippen LogP contribution is 2.60. The maximum absolute atomic E-state index is 12.8. The van der Waals surface area contributed by atoms with Gasteiger partial charge in [0.25, 0.3) is 0 Å². The molecule has 150 valence electrons. The first-order valence-corrected chi connectivity index (χ1v) is 11.1. The highest BCUT2D eigenvalue weighted by atomic mass is 16.2. The van der Waals surface area contributed by atoms with Gasteiger partial charge in [0.05, 0.1) is 0 Å². The molecule has 0 aromatic heterocycles. The average Bonchev–Trinajstić information content (AvgIpc) is 2.61. The summed E-state index contributed by atoms with van der Waals surface area (Å²) in [7, 11) is 0. The van der Waals surface area contributed by atoms with Crippen LogP contribution in [0.2, 0.25) is 0 Å². The average molecular weight is 365 g/mol. The van der Waals surface area contributed by atoms with Gasteiger partial charge in [0, 0.05) is 12.0 Å². The summed E-state index contributed by atoms with van der Waals surface area (Å²) in [5.74, 6) is 2.91. The molecule has 4 bridgehead atoms. The minimum Gasteiger partial charge on any atom is -0.356 e. The van der Waals surface area contributed by atoms with E-state index in [0.717, 1.165) is 69.9 Å². The maximum atomic E-state index is 12.8. The first-order chi connectivity index (χ1) is 12.7. The number of carbonyl (C=O) groups excluding carboxylic acids is 1. The van der Waals surface area contributed by atoms with E-state index < -0.39 is 0 Å². The monoisotopic (exact) mass is 364 g/mol. The van der Waals surface area contributed by atoms with E-state index in [-0.39, 0.29) is 5.41 Å². The van der Waals surface area contributed by atoms with Crippen LogP contribution in [0.1, 0.15) is 64.2 Å². The Labute approximate surface area is 159 Å². The Hall–Kier alpha value is -0.650. The molecular formula is C21H40N4O. The zero-order chi connectivity index (χ0) is 18.2. The molecule has 4 fully saturated rings. The van der Waals surface area contributed by atoms with Crippen molar-refractivity contribution in [1.82, 2.24) is 16.0 Å². The minimum absolute atomic E-state index is 0.0130. The fourth-order valence-corrected chi connectivity index (χ4v) is 5.97.